The lowest BCUT2D eigenvalue weighted by Crippen LogP contribution is -2.04. The Morgan fingerprint density at radius 3 is 2.45 bits per heavy atom. The van der Waals surface area contributed by atoms with Crippen LogP contribution in [0.15, 0.2) is 18.3 Å². The second-order valence-electron chi connectivity index (χ2n) is 4.90. The van der Waals surface area contributed by atoms with Gasteiger partial charge in [-0.3, -0.25) is 4.79 Å². The molecule has 1 heterocycles. The van der Waals surface area contributed by atoms with Crippen molar-refractivity contribution in [3.63, 3.8) is 0 Å². The first-order chi connectivity index (χ1) is 10.6. The van der Waals surface area contributed by atoms with Gasteiger partial charge < -0.3 is 23.9 Å². The monoisotopic (exact) mass is 307 g/mol. The number of carbonyl (C=O) groups excluding carboxylic acids is 1. The molecule has 0 saturated carbocycles. The Kier molecular flexibility index (Phi) is 5.27. The molecule has 0 unspecified atom stereocenters. The Hall–Kier alpha value is -2.21. The summed E-state index contributed by atoms with van der Waals surface area (Å²) in [6, 6.07) is 3.74. The summed E-state index contributed by atoms with van der Waals surface area (Å²) in [5.41, 5.74) is 1.80. The van der Waals surface area contributed by atoms with Crippen LogP contribution in [0.25, 0.3) is 10.9 Å². The molecule has 2 aromatic rings. The summed E-state index contributed by atoms with van der Waals surface area (Å²) < 4.78 is 17.4. The van der Waals surface area contributed by atoms with Crippen molar-refractivity contribution in [2.24, 2.45) is 0 Å². The number of ether oxygens (including phenoxy) is 3. The van der Waals surface area contributed by atoms with Gasteiger partial charge in [-0.25, -0.2) is 0 Å². The molecule has 0 radical (unpaired) electrons. The van der Waals surface area contributed by atoms with Gasteiger partial charge >= 0.3 is 5.97 Å². The average molecular weight is 307 g/mol. The first kappa shape index (κ1) is 16.2. The van der Waals surface area contributed by atoms with Gasteiger partial charge in [-0.15, -0.1) is 0 Å². The molecule has 1 N–H and O–H groups in total. The standard InChI is InChI=1S/C16H21NO5/c1-20-14-8-12-11(7-16(19)22-3)10-17(5-4-6-18)13(12)9-15(14)21-2/h8-10,18H,4-7H2,1-3H3. The maximum absolute atomic E-state index is 11.6. The van der Waals surface area contributed by atoms with Crippen molar-refractivity contribution < 1.29 is 24.1 Å². The largest absolute Gasteiger partial charge is 0.493 e. The smallest absolute Gasteiger partial charge is 0.310 e. The van der Waals surface area contributed by atoms with Crippen molar-refractivity contribution in [3.05, 3.63) is 23.9 Å². The van der Waals surface area contributed by atoms with Crippen molar-refractivity contribution in [1.29, 1.82) is 0 Å². The van der Waals surface area contributed by atoms with Crippen LogP contribution in [0.3, 0.4) is 0 Å². The normalized spacial score (nSPS) is 10.7. The minimum atomic E-state index is -0.295. The van der Waals surface area contributed by atoms with Crippen LogP contribution in [0, 0.1) is 0 Å². The van der Waals surface area contributed by atoms with E-state index < -0.39 is 0 Å². The van der Waals surface area contributed by atoms with Crippen LogP contribution in [0.1, 0.15) is 12.0 Å². The van der Waals surface area contributed by atoms with E-state index in [2.05, 4.69) is 0 Å². The zero-order valence-electron chi connectivity index (χ0n) is 13.1. The molecule has 2 rings (SSSR count). The van der Waals surface area contributed by atoms with Crippen molar-refractivity contribution in [2.75, 3.05) is 27.9 Å². The van der Waals surface area contributed by atoms with Crippen molar-refractivity contribution in [1.82, 2.24) is 4.57 Å². The highest BCUT2D eigenvalue weighted by Crippen LogP contribution is 2.35. The molecule has 120 valence electrons. The van der Waals surface area contributed by atoms with E-state index in [1.807, 2.05) is 22.9 Å². The van der Waals surface area contributed by atoms with Gasteiger partial charge in [0.05, 0.1) is 33.3 Å². The van der Waals surface area contributed by atoms with Crippen LogP contribution in [0.4, 0.5) is 0 Å². The lowest BCUT2D eigenvalue weighted by Gasteiger charge is -2.10. The number of benzene rings is 1. The summed E-state index contributed by atoms with van der Waals surface area (Å²) in [7, 11) is 4.53. The van der Waals surface area contributed by atoms with E-state index in [0.717, 1.165) is 16.5 Å². The van der Waals surface area contributed by atoms with E-state index in [0.29, 0.717) is 24.5 Å². The maximum atomic E-state index is 11.6. The molecule has 0 saturated heterocycles. The van der Waals surface area contributed by atoms with Crippen LogP contribution >= 0.6 is 0 Å². The lowest BCUT2D eigenvalue weighted by atomic mass is 10.1. The molecule has 0 aliphatic rings. The number of esters is 1. The Labute approximate surface area is 129 Å². The molecule has 1 aromatic heterocycles. The summed E-state index contributed by atoms with van der Waals surface area (Å²) in [6.45, 7) is 0.767. The maximum Gasteiger partial charge on any atom is 0.310 e. The SMILES string of the molecule is COC(=O)Cc1cn(CCCO)c2cc(OC)c(OC)cc12. The number of hydrogen-bond acceptors (Lipinski definition) is 5. The zero-order valence-corrected chi connectivity index (χ0v) is 13.1. The predicted molar refractivity (Wildman–Crippen MR) is 82.5 cm³/mol. The molecule has 1 aromatic carbocycles. The molecular weight excluding hydrogens is 286 g/mol. The van der Waals surface area contributed by atoms with Gasteiger partial charge in [0.1, 0.15) is 0 Å². The fourth-order valence-electron chi connectivity index (χ4n) is 2.48. The van der Waals surface area contributed by atoms with Crippen LogP contribution < -0.4 is 9.47 Å². The first-order valence-corrected chi connectivity index (χ1v) is 7.06. The molecule has 6 heteroatoms. The van der Waals surface area contributed by atoms with E-state index in [9.17, 15) is 4.79 Å². The number of hydrogen-bond donors (Lipinski definition) is 1. The number of carbonyl (C=O) groups is 1. The third-order valence-corrected chi connectivity index (χ3v) is 3.59. The number of fused-ring (bicyclic) bond motifs is 1. The van der Waals surface area contributed by atoms with Crippen LogP contribution in [-0.2, 0) is 22.5 Å². The second-order valence-corrected chi connectivity index (χ2v) is 4.90. The van der Waals surface area contributed by atoms with Crippen molar-refractivity contribution in [3.8, 4) is 11.5 Å². The Morgan fingerprint density at radius 1 is 1.18 bits per heavy atom. The Bertz CT molecular complexity index is 662. The summed E-state index contributed by atoms with van der Waals surface area (Å²) in [5, 5.41) is 9.96. The number of aromatic nitrogens is 1. The number of aliphatic hydroxyl groups excluding tert-OH is 1. The highest BCUT2D eigenvalue weighted by atomic mass is 16.5. The Morgan fingerprint density at radius 2 is 1.86 bits per heavy atom. The van der Waals surface area contributed by atoms with Crippen LogP contribution in [0.5, 0.6) is 11.5 Å². The number of methoxy groups -OCH3 is 3. The van der Waals surface area contributed by atoms with E-state index in [4.69, 9.17) is 19.3 Å². The summed E-state index contributed by atoms with van der Waals surface area (Å²) in [5.74, 6) is 0.944. The quantitative estimate of drug-likeness (QED) is 0.789. The molecular formula is C16H21NO5. The molecule has 0 aliphatic heterocycles. The molecule has 6 nitrogen and oxygen atoms in total. The van der Waals surface area contributed by atoms with E-state index in [1.165, 1.54) is 7.11 Å². The number of rotatable bonds is 7. The van der Waals surface area contributed by atoms with Gasteiger partial charge in [0.15, 0.2) is 11.5 Å². The van der Waals surface area contributed by atoms with Gasteiger partial charge in [-0.1, -0.05) is 0 Å². The first-order valence-electron chi connectivity index (χ1n) is 7.06. The minimum absolute atomic E-state index is 0.110. The van der Waals surface area contributed by atoms with Gasteiger partial charge in [-0.05, 0) is 18.1 Å². The van der Waals surface area contributed by atoms with Crippen molar-refractivity contribution in [2.45, 2.75) is 19.4 Å². The molecule has 0 amide bonds. The highest BCUT2D eigenvalue weighted by molar-refractivity contribution is 5.90. The van der Waals surface area contributed by atoms with Gasteiger partial charge in [0.2, 0.25) is 0 Å². The molecule has 0 aliphatic carbocycles. The summed E-state index contributed by atoms with van der Waals surface area (Å²) in [4.78, 5) is 11.6. The lowest BCUT2D eigenvalue weighted by molar-refractivity contribution is -0.139. The topological polar surface area (TPSA) is 69.9 Å². The minimum Gasteiger partial charge on any atom is -0.493 e. The van der Waals surface area contributed by atoms with Crippen LogP contribution in [0.2, 0.25) is 0 Å². The van der Waals surface area contributed by atoms with E-state index in [-0.39, 0.29) is 19.0 Å². The number of aryl methyl sites for hydroxylation is 1. The molecule has 0 spiro atoms. The van der Waals surface area contributed by atoms with Crippen molar-refractivity contribution >= 4 is 16.9 Å². The summed E-state index contributed by atoms with van der Waals surface area (Å²) in [6.07, 6.45) is 2.74. The van der Waals surface area contributed by atoms with Gasteiger partial charge in [0, 0.05) is 30.8 Å². The third kappa shape index (κ3) is 3.17. The zero-order chi connectivity index (χ0) is 16.1. The Balaban J connectivity index is 2.56. The molecule has 0 bridgehead atoms. The third-order valence-electron chi connectivity index (χ3n) is 3.59. The molecule has 22 heavy (non-hydrogen) atoms. The van der Waals surface area contributed by atoms with E-state index >= 15 is 0 Å². The highest BCUT2D eigenvalue weighted by Gasteiger charge is 2.16. The average Bonchev–Trinajstić information content (AvgIpc) is 2.88. The van der Waals surface area contributed by atoms with Gasteiger partial charge in [-0.2, -0.15) is 0 Å². The number of nitrogens with zero attached hydrogens (tertiary/aromatic N) is 1. The van der Waals surface area contributed by atoms with Gasteiger partial charge in [0.25, 0.3) is 0 Å². The summed E-state index contributed by atoms with van der Waals surface area (Å²) >= 11 is 0. The van der Waals surface area contributed by atoms with E-state index in [1.54, 1.807) is 14.2 Å². The second kappa shape index (κ2) is 7.17. The molecule has 0 fully saturated rings. The number of aliphatic hydroxyl groups is 1. The molecule has 0 atom stereocenters. The predicted octanol–water partition coefficient (Wildman–Crippen LogP) is 1.76. The fraction of sp³-hybridized carbons (Fsp3) is 0.438. The van der Waals surface area contributed by atoms with Crippen LogP contribution in [-0.4, -0.2) is 43.6 Å². The fourth-order valence-corrected chi connectivity index (χ4v) is 2.48.